The van der Waals surface area contributed by atoms with E-state index in [-0.39, 0.29) is 6.61 Å². The number of phosphoric ester groups is 1. The minimum absolute atomic E-state index is 0.281. The molecule has 1 unspecified atom stereocenters. The van der Waals surface area contributed by atoms with Crippen molar-refractivity contribution < 1.29 is 18.3 Å². The van der Waals surface area contributed by atoms with Crippen LogP contribution in [0.15, 0.2) is 0 Å². The number of unbranched alkanes of at least 4 members (excludes halogenated alkanes) is 4. The zero-order valence-electron chi connectivity index (χ0n) is 17.5. The third-order valence-electron chi connectivity index (χ3n) is 5.10. The van der Waals surface area contributed by atoms with Crippen molar-refractivity contribution in [3.8, 4) is 0 Å². The number of hydrogen-bond donors (Lipinski definition) is 1. The first-order chi connectivity index (χ1) is 11.8. The molecule has 0 spiro atoms. The first-order valence-electron chi connectivity index (χ1n) is 10.5. The molecule has 0 aromatic heterocycles. The van der Waals surface area contributed by atoms with Crippen LogP contribution in [0.5, 0.6) is 0 Å². The molecule has 0 aliphatic rings. The van der Waals surface area contributed by atoms with Crippen LogP contribution in [0.1, 0.15) is 92.4 Å². The molecule has 0 rings (SSSR count). The fourth-order valence-corrected chi connectivity index (χ4v) is 13.6. The summed E-state index contributed by atoms with van der Waals surface area (Å²) in [5.41, 5.74) is 0. The van der Waals surface area contributed by atoms with Crippen molar-refractivity contribution in [1.29, 1.82) is 0 Å². The Hall–Kier alpha value is 0.540. The van der Waals surface area contributed by atoms with Gasteiger partial charge in [-0.15, -0.1) is 0 Å². The Morgan fingerprint density at radius 1 is 0.720 bits per heavy atom. The van der Waals surface area contributed by atoms with Crippen molar-refractivity contribution in [2.45, 2.75) is 92.4 Å². The fourth-order valence-electron chi connectivity index (χ4n) is 3.59. The summed E-state index contributed by atoms with van der Waals surface area (Å²) >= 11 is 0. The quantitative estimate of drug-likeness (QED) is 0.263. The SMILES string of the molecule is CCCCP(CCCC)(CCCC)(CCCC)OP(=O)(O)OCCC. The summed E-state index contributed by atoms with van der Waals surface area (Å²) in [5, 5.41) is 0. The first kappa shape index (κ1) is 25.5. The van der Waals surface area contributed by atoms with Gasteiger partial charge in [0.15, 0.2) is 0 Å². The Balaban J connectivity index is 5.84. The molecule has 0 saturated heterocycles. The van der Waals surface area contributed by atoms with E-state index in [1.165, 1.54) is 0 Å². The van der Waals surface area contributed by atoms with Crippen LogP contribution >= 0.6 is 14.7 Å². The van der Waals surface area contributed by atoms with E-state index >= 15 is 0 Å². The van der Waals surface area contributed by atoms with E-state index in [2.05, 4.69) is 27.7 Å². The second-order valence-electron chi connectivity index (χ2n) is 7.55. The average molecular weight is 399 g/mol. The molecule has 6 heteroatoms. The van der Waals surface area contributed by atoms with Crippen LogP contribution in [-0.4, -0.2) is 36.1 Å². The van der Waals surface area contributed by atoms with Gasteiger partial charge in [-0.05, 0) is 0 Å². The van der Waals surface area contributed by atoms with Crippen LogP contribution in [0.3, 0.4) is 0 Å². The molecular formula is C19H44O4P2. The summed E-state index contributed by atoms with van der Waals surface area (Å²) in [5.74, 6) is 0. The standard InChI is InChI=1S/C19H44O4P2/c1-6-11-16-25(17-12-7-2,18-13-8-3,19-14-9-4)23-24(20,21)22-15-10-5/h6-19H2,1-5H3,(H,20,21). The molecule has 0 amide bonds. The van der Waals surface area contributed by atoms with Gasteiger partial charge in [-0.25, -0.2) is 0 Å². The van der Waals surface area contributed by atoms with Gasteiger partial charge in [0.25, 0.3) is 0 Å². The predicted molar refractivity (Wildman–Crippen MR) is 113 cm³/mol. The Morgan fingerprint density at radius 2 is 1.08 bits per heavy atom. The molecule has 0 saturated carbocycles. The van der Waals surface area contributed by atoms with Gasteiger partial charge in [0, 0.05) is 0 Å². The molecular weight excluding hydrogens is 354 g/mol. The fraction of sp³-hybridized carbons (Fsp3) is 1.00. The zero-order valence-corrected chi connectivity index (χ0v) is 19.3. The monoisotopic (exact) mass is 398 g/mol. The van der Waals surface area contributed by atoms with Gasteiger partial charge >= 0.3 is 157 Å². The van der Waals surface area contributed by atoms with Crippen molar-refractivity contribution >= 4 is 14.7 Å². The number of phosphoric acid groups is 1. The summed E-state index contributed by atoms with van der Waals surface area (Å²) in [4.78, 5) is 10.5. The topological polar surface area (TPSA) is 55.8 Å². The van der Waals surface area contributed by atoms with Gasteiger partial charge < -0.3 is 0 Å². The Bertz CT molecular complexity index is 344. The first-order valence-corrected chi connectivity index (χ1v) is 14.9. The minimum atomic E-state index is -4.00. The van der Waals surface area contributed by atoms with E-state index in [9.17, 15) is 9.46 Å². The van der Waals surface area contributed by atoms with E-state index in [1.54, 1.807) is 0 Å². The second kappa shape index (κ2) is 12.8. The van der Waals surface area contributed by atoms with E-state index < -0.39 is 14.7 Å². The van der Waals surface area contributed by atoms with Crippen LogP contribution in [0, 0.1) is 0 Å². The van der Waals surface area contributed by atoms with Crippen molar-refractivity contribution in [2.24, 2.45) is 0 Å². The van der Waals surface area contributed by atoms with Crippen LogP contribution < -0.4 is 0 Å². The zero-order chi connectivity index (χ0) is 19.3. The van der Waals surface area contributed by atoms with Crippen molar-refractivity contribution in [3.63, 3.8) is 0 Å². The maximum atomic E-state index is 12.8. The average Bonchev–Trinajstić information content (AvgIpc) is 2.60. The molecule has 0 aromatic rings. The predicted octanol–water partition coefficient (Wildman–Crippen LogP) is 7.20. The number of rotatable bonds is 17. The molecule has 1 atom stereocenters. The molecule has 0 bridgehead atoms. The van der Waals surface area contributed by atoms with Gasteiger partial charge in [-0.3, -0.25) is 0 Å². The number of hydrogen-bond acceptors (Lipinski definition) is 3. The third-order valence-corrected chi connectivity index (χ3v) is 14.1. The summed E-state index contributed by atoms with van der Waals surface area (Å²) in [7, 11) is -4.00. The normalized spacial score (nSPS) is 16.3. The van der Waals surface area contributed by atoms with Gasteiger partial charge in [0.1, 0.15) is 0 Å². The Kier molecular flexibility index (Phi) is 13.1. The van der Waals surface area contributed by atoms with Crippen LogP contribution in [0.2, 0.25) is 0 Å². The molecule has 0 fully saturated rings. The summed E-state index contributed by atoms with van der Waals surface area (Å²) in [6.45, 7) is 8.24. The van der Waals surface area contributed by atoms with Crippen molar-refractivity contribution in [3.05, 3.63) is 0 Å². The van der Waals surface area contributed by atoms with Crippen LogP contribution in [0.25, 0.3) is 0 Å². The van der Waals surface area contributed by atoms with E-state index in [0.717, 1.165) is 82.4 Å². The molecule has 1 N–H and O–H groups in total. The molecule has 0 heterocycles. The van der Waals surface area contributed by atoms with Gasteiger partial charge in [-0.2, -0.15) is 0 Å². The Labute approximate surface area is 157 Å². The molecule has 25 heavy (non-hydrogen) atoms. The third kappa shape index (κ3) is 9.34. The van der Waals surface area contributed by atoms with E-state index in [1.807, 2.05) is 6.92 Å². The van der Waals surface area contributed by atoms with Gasteiger partial charge in [0.2, 0.25) is 0 Å². The second-order valence-corrected chi connectivity index (χ2v) is 14.9. The summed E-state index contributed by atoms with van der Waals surface area (Å²) in [6.07, 6.45) is 13.3. The molecule has 154 valence electrons. The molecule has 0 aliphatic carbocycles. The van der Waals surface area contributed by atoms with Crippen LogP contribution in [-0.2, 0) is 13.4 Å². The molecule has 0 radical (unpaired) electrons. The molecule has 0 aliphatic heterocycles. The summed E-state index contributed by atoms with van der Waals surface area (Å²) < 4.78 is 24.4. The molecule has 4 nitrogen and oxygen atoms in total. The maximum absolute atomic E-state index is 12.8. The summed E-state index contributed by atoms with van der Waals surface area (Å²) in [6, 6.07) is 0. The van der Waals surface area contributed by atoms with Gasteiger partial charge in [0.05, 0.1) is 0 Å². The Morgan fingerprint density at radius 3 is 1.36 bits per heavy atom. The van der Waals surface area contributed by atoms with E-state index in [4.69, 9.17) is 8.83 Å². The van der Waals surface area contributed by atoms with Crippen LogP contribution in [0.4, 0.5) is 0 Å². The molecule has 0 aromatic carbocycles. The van der Waals surface area contributed by atoms with E-state index in [0.29, 0.717) is 0 Å². The van der Waals surface area contributed by atoms with Gasteiger partial charge in [-0.1, -0.05) is 0 Å². The van der Waals surface area contributed by atoms with Crippen molar-refractivity contribution in [1.82, 2.24) is 0 Å². The van der Waals surface area contributed by atoms with Crippen molar-refractivity contribution in [2.75, 3.05) is 31.3 Å².